The van der Waals surface area contributed by atoms with Gasteiger partial charge >= 0.3 is 5.69 Å². The predicted molar refractivity (Wildman–Crippen MR) is 130 cm³/mol. The van der Waals surface area contributed by atoms with E-state index in [-0.39, 0.29) is 35.3 Å². The summed E-state index contributed by atoms with van der Waals surface area (Å²) in [6.45, 7) is -0.353. The fourth-order valence-electron chi connectivity index (χ4n) is 3.24. The predicted octanol–water partition coefficient (Wildman–Crippen LogP) is 4.93. The Hall–Kier alpha value is -5.53. The Morgan fingerprint density at radius 3 is 2.39 bits per heavy atom. The highest BCUT2D eigenvalue weighted by Gasteiger charge is 2.18. The van der Waals surface area contributed by atoms with Crippen molar-refractivity contribution in [2.75, 3.05) is 12.4 Å². The first-order chi connectivity index (χ1) is 18.2. The van der Waals surface area contributed by atoms with Gasteiger partial charge in [-0.3, -0.25) is 25.0 Å². The molecule has 194 valence electrons. The molecule has 0 aliphatic rings. The summed E-state index contributed by atoms with van der Waals surface area (Å²) >= 11 is 0. The summed E-state index contributed by atoms with van der Waals surface area (Å²) in [5.41, 5.74) is -0.753. The number of non-ortho nitro benzene ring substituents is 1. The number of methoxy groups -OCH3 is 1. The Balaban J connectivity index is 1.47. The molecule has 0 aliphatic carbocycles. The number of carbonyl (C=O) groups excluding carboxylic acids is 1. The molecule has 0 saturated heterocycles. The van der Waals surface area contributed by atoms with Gasteiger partial charge < -0.3 is 19.5 Å². The second-order valence-electron chi connectivity index (χ2n) is 7.59. The summed E-state index contributed by atoms with van der Waals surface area (Å²) in [6, 6.07) is 14.4. The number of hydrogen-bond donors (Lipinski definition) is 1. The smallest absolute Gasteiger partial charge is 0.311 e. The number of ether oxygens (including phenoxy) is 3. The first-order valence-electron chi connectivity index (χ1n) is 10.7. The van der Waals surface area contributed by atoms with Crippen LogP contribution < -0.4 is 19.5 Å². The van der Waals surface area contributed by atoms with Crippen LogP contribution in [0.3, 0.4) is 0 Å². The normalized spacial score (nSPS) is 10.5. The Kier molecular flexibility index (Phi) is 7.42. The highest BCUT2D eigenvalue weighted by atomic mass is 19.1. The van der Waals surface area contributed by atoms with Crippen LogP contribution in [0.25, 0.3) is 0 Å². The maximum atomic E-state index is 13.5. The van der Waals surface area contributed by atoms with Gasteiger partial charge in [0.1, 0.15) is 23.1 Å². The average molecular weight is 523 g/mol. The molecule has 0 radical (unpaired) electrons. The van der Waals surface area contributed by atoms with E-state index in [1.54, 1.807) is 24.3 Å². The van der Waals surface area contributed by atoms with E-state index in [0.29, 0.717) is 11.5 Å². The number of nitrogens with one attached hydrogen (secondary N) is 1. The van der Waals surface area contributed by atoms with Gasteiger partial charge in [0.15, 0.2) is 12.4 Å². The molecule has 13 nitrogen and oxygen atoms in total. The molecule has 0 spiro atoms. The summed E-state index contributed by atoms with van der Waals surface area (Å²) in [7, 11) is 1.51. The van der Waals surface area contributed by atoms with Crippen molar-refractivity contribution in [3.05, 3.63) is 105 Å². The molecule has 1 N–H and O–H groups in total. The van der Waals surface area contributed by atoms with E-state index in [4.69, 9.17) is 14.2 Å². The standard InChI is InChI=1S/C24H18FN5O8/c1-36-18-3-5-19(6-4-18)38-20-12-16(11-17(13-20)29(32)33)26-24(31)21-8-9-28(27-21)14-37-23-10-15(25)2-7-22(23)30(34)35/h2-13H,14H2,1H3,(H,26,31). The van der Waals surface area contributed by atoms with Crippen molar-refractivity contribution in [1.29, 1.82) is 0 Å². The number of benzene rings is 3. The minimum Gasteiger partial charge on any atom is -0.497 e. The second kappa shape index (κ2) is 11.0. The van der Waals surface area contributed by atoms with E-state index in [2.05, 4.69) is 10.4 Å². The highest BCUT2D eigenvalue weighted by Crippen LogP contribution is 2.31. The first-order valence-corrected chi connectivity index (χ1v) is 10.7. The Bertz CT molecular complexity index is 1510. The van der Waals surface area contributed by atoms with Crippen molar-refractivity contribution in [1.82, 2.24) is 9.78 Å². The lowest BCUT2D eigenvalue weighted by molar-refractivity contribution is -0.386. The van der Waals surface area contributed by atoms with Crippen LogP contribution in [0.15, 0.2) is 72.9 Å². The quantitative estimate of drug-likeness (QED) is 0.224. The zero-order valence-corrected chi connectivity index (χ0v) is 19.6. The number of hydrogen-bond acceptors (Lipinski definition) is 9. The zero-order valence-electron chi connectivity index (χ0n) is 19.6. The number of carbonyl (C=O) groups is 1. The van der Waals surface area contributed by atoms with Gasteiger partial charge in [-0.25, -0.2) is 9.07 Å². The third kappa shape index (κ3) is 6.17. The number of nitro benzene ring substituents is 2. The molecular formula is C24H18FN5O8. The highest BCUT2D eigenvalue weighted by molar-refractivity contribution is 6.03. The molecule has 0 unspecified atom stereocenters. The second-order valence-corrected chi connectivity index (χ2v) is 7.59. The van der Waals surface area contributed by atoms with Crippen molar-refractivity contribution < 1.29 is 33.2 Å². The largest absolute Gasteiger partial charge is 0.497 e. The molecule has 38 heavy (non-hydrogen) atoms. The number of rotatable bonds is 10. The topological polar surface area (TPSA) is 161 Å². The summed E-state index contributed by atoms with van der Waals surface area (Å²) in [5.74, 6) is -0.633. The van der Waals surface area contributed by atoms with Crippen LogP contribution in [-0.4, -0.2) is 32.6 Å². The Morgan fingerprint density at radius 2 is 1.71 bits per heavy atom. The Labute approximate surface area is 213 Å². The van der Waals surface area contributed by atoms with Crippen LogP contribution >= 0.6 is 0 Å². The SMILES string of the molecule is COc1ccc(Oc2cc(NC(=O)c3ccn(COc4cc(F)ccc4[N+](=O)[O-])n3)cc([N+](=O)[O-])c2)cc1. The summed E-state index contributed by atoms with van der Waals surface area (Å²) in [5, 5.41) is 29.0. The molecule has 0 saturated carbocycles. The molecule has 3 aromatic carbocycles. The number of aromatic nitrogens is 2. The molecular weight excluding hydrogens is 505 g/mol. The van der Waals surface area contributed by atoms with E-state index in [1.807, 2.05) is 0 Å². The minimum absolute atomic E-state index is 0.0773. The van der Waals surface area contributed by atoms with Crippen LogP contribution in [0.4, 0.5) is 21.5 Å². The van der Waals surface area contributed by atoms with Gasteiger partial charge in [-0.05, 0) is 36.4 Å². The third-order valence-corrected chi connectivity index (χ3v) is 5.00. The Morgan fingerprint density at radius 1 is 0.974 bits per heavy atom. The third-order valence-electron chi connectivity index (χ3n) is 5.00. The van der Waals surface area contributed by atoms with E-state index >= 15 is 0 Å². The van der Waals surface area contributed by atoms with Crippen molar-refractivity contribution in [3.8, 4) is 23.0 Å². The lowest BCUT2D eigenvalue weighted by atomic mass is 10.2. The average Bonchev–Trinajstić information content (AvgIpc) is 3.37. The molecule has 0 aliphatic heterocycles. The van der Waals surface area contributed by atoms with Crippen LogP contribution in [0.2, 0.25) is 0 Å². The van der Waals surface area contributed by atoms with Crippen molar-refractivity contribution in [2.24, 2.45) is 0 Å². The van der Waals surface area contributed by atoms with Gasteiger partial charge in [0.2, 0.25) is 5.75 Å². The maximum Gasteiger partial charge on any atom is 0.311 e. The molecule has 0 bridgehead atoms. The van der Waals surface area contributed by atoms with Crippen molar-refractivity contribution >= 4 is 23.0 Å². The van der Waals surface area contributed by atoms with Gasteiger partial charge in [0.25, 0.3) is 11.6 Å². The summed E-state index contributed by atoms with van der Waals surface area (Å²) < 4.78 is 30.7. The number of nitro groups is 2. The van der Waals surface area contributed by atoms with Gasteiger partial charge in [0.05, 0.1) is 28.7 Å². The summed E-state index contributed by atoms with van der Waals surface area (Å²) in [4.78, 5) is 33.9. The zero-order chi connectivity index (χ0) is 27.2. The van der Waals surface area contributed by atoms with Gasteiger partial charge in [-0.2, -0.15) is 5.10 Å². The number of anilines is 1. The van der Waals surface area contributed by atoms with E-state index in [1.165, 1.54) is 31.5 Å². The number of halogens is 1. The van der Waals surface area contributed by atoms with Gasteiger partial charge in [-0.1, -0.05) is 0 Å². The molecule has 1 heterocycles. The molecule has 4 aromatic rings. The molecule has 0 fully saturated rings. The molecule has 0 atom stereocenters. The maximum absolute atomic E-state index is 13.5. The van der Waals surface area contributed by atoms with Crippen LogP contribution in [0.1, 0.15) is 10.5 Å². The lowest BCUT2D eigenvalue weighted by Gasteiger charge is -2.09. The van der Waals surface area contributed by atoms with Crippen molar-refractivity contribution in [2.45, 2.75) is 6.73 Å². The fourth-order valence-corrected chi connectivity index (χ4v) is 3.24. The van der Waals surface area contributed by atoms with Gasteiger partial charge in [-0.15, -0.1) is 0 Å². The first kappa shape index (κ1) is 25.6. The molecule has 1 amide bonds. The number of nitrogens with zero attached hydrogens (tertiary/aromatic N) is 4. The van der Waals surface area contributed by atoms with Crippen molar-refractivity contribution in [3.63, 3.8) is 0 Å². The summed E-state index contributed by atoms with van der Waals surface area (Å²) in [6.07, 6.45) is 1.37. The van der Waals surface area contributed by atoms with Crippen LogP contribution in [-0.2, 0) is 6.73 Å². The van der Waals surface area contributed by atoms with E-state index in [9.17, 15) is 29.4 Å². The fraction of sp³-hybridized carbons (Fsp3) is 0.0833. The molecule has 4 rings (SSSR count). The lowest BCUT2D eigenvalue weighted by Crippen LogP contribution is -2.14. The number of amides is 1. The van der Waals surface area contributed by atoms with Crippen LogP contribution in [0.5, 0.6) is 23.0 Å². The van der Waals surface area contributed by atoms with Crippen LogP contribution in [0, 0.1) is 26.0 Å². The van der Waals surface area contributed by atoms with E-state index < -0.39 is 27.3 Å². The monoisotopic (exact) mass is 523 g/mol. The molecule has 1 aromatic heterocycles. The molecule has 14 heteroatoms. The minimum atomic E-state index is -0.724. The van der Waals surface area contributed by atoms with E-state index in [0.717, 1.165) is 28.9 Å². The van der Waals surface area contributed by atoms with Gasteiger partial charge in [0, 0.05) is 30.5 Å².